The van der Waals surface area contributed by atoms with Gasteiger partial charge in [-0.05, 0) is 37.1 Å². The number of anilines is 1. The Bertz CT molecular complexity index is 955. The second kappa shape index (κ2) is 8.49. The van der Waals surface area contributed by atoms with Crippen molar-refractivity contribution in [3.05, 3.63) is 54.2 Å². The fourth-order valence-electron chi connectivity index (χ4n) is 3.13. The number of methoxy groups -OCH3 is 1. The van der Waals surface area contributed by atoms with Gasteiger partial charge in [0.2, 0.25) is 15.9 Å². The van der Waals surface area contributed by atoms with Crippen molar-refractivity contribution in [2.24, 2.45) is 5.92 Å². The third kappa shape index (κ3) is 4.20. The zero-order valence-electron chi connectivity index (χ0n) is 15.4. The molecule has 0 atom stereocenters. The summed E-state index contributed by atoms with van der Waals surface area (Å²) in [4.78, 5) is 28.3. The zero-order chi connectivity index (χ0) is 20.1. The van der Waals surface area contributed by atoms with Crippen LogP contribution in [0.1, 0.15) is 23.2 Å². The highest BCUT2D eigenvalue weighted by Gasteiger charge is 2.34. The van der Waals surface area contributed by atoms with E-state index < -0.39 is 16.0 Å². The van der Waals surface area contributed by atoms with Crippen LogP contribution in [0.5, 0.6) is 0 Å². The number of amides is 1. The van der Waals surface area contributed by atoms with Crippen molar-refractivity contribution in [1.29, 1.82) is 0 Å². The summed E-state index contributed by atoms with van der Waals surface area (Å²) >= 11 is 0. The van der Waals surface area contributed by atoms with E-state index in [1.165, 1.54) is 23.5 Å². The van der Waals surface area contributed by atoms with Crippen LogP contribution >= 0.6 is 0 Å². The summed E-state index contributed by atoms with van der Waals surface area (Å²) in [5.74, 6) is -0.714. The van der Waals surface area contributed by atoms with Crippen molar-refractivity contribution in [1.82, 2.24) is 9.29 Å². The van der Waals surface area contributed by atoms with E-state index in [2.05, 4.69) is 15.0 Å². The van der Waals surface area contributed by atoms with Crippen LogP contribution in [0.25, 0.3) is 0 Å². The van der Waals surface area contributed by atoms with E-state index in [1.54, 1.807) is 36.5 Å². The number of ether oxygens (including phenoxy) is 1. The maximum Gasteiger partial charge on any atom is 0.339 e. The highest BCUT2D eigenvalue weighted by molar-refractivity contribution is 7.89. The van der Waals surface area contributed by atoms with Crippen molar-refractivity contribution < 1.29 is 22.7 Å². The Morgan fingerprint density at radius 1 is 1.11 bits per heavy atom. The minimum absolute atomic E-state index is 0.0000171. The number of benzene rings is 1. The van der Waals surface area contributed by atoms with E-state index in [9.17, 15) is 18.0 Å². The summed E-state index contributed by atoms with van der Waals surface area (Å²) in [6, 6.07) is 11.2. The molecule has 3 rings (SSSR count). The number of esters is 1. The van der Waals surface area contributed by atoms with E-state index in [1.807, 2.05) is 0 Å². The fraction of sp³-hybridized carbons (Fsp3) is 0.316. The van der Waals surface area contributed by atoms with Crippen molar-refractivity contribution in [2.75, 3.05) is 25.5 Å². The summed E-state index contributed by atoms with van der Waals surface area (Å²) < 4.78 is 32.0. The van der Waals surface area contributed by atoms with Crippen LogP contribution in [-0.2, 0) is 19.6 Å². The van der Waals surface area contributed by atoms with Gasteiger partial charge >= 0.3 is 5.97 Å². The standard InChI is InChI=1S/C19H21N3O5S/c1-27-19(24)15-6-2-3-7-16(15)28(25,26)22-12-9-14(10-13-22)18(23)21-17-8-4-5-11-20-17/h2-8,11,14H,9-10,12-13H2,1H3,(H,20,21,23). The van der Waals surface area contributed by atoms with E-state index in [-0.39, 0.29) is 35.4 Å². The number of carbonyl (C=O) groups excluding carboxylic acids is 2. The van der Waals surface area contributed by atoms with E-state index in [0.29, 0.717) is 18.7 Å². The number of nitrogens with one attached hydrogen (secondary N) is 1. The molecule has 1 aliphatic rings. The Labute approximate surface area is 163 Å². The minimum Gasteiger partial charge on any atom is -0.465 e. The highest BCUT2D eigenvalue weighted by atomic mass is 32.2. The monoisotopic (exact) mass is 403 g/mol. The van der Waals surface area contributed by atoms with Gasteiger partial charge in [0.05, 0.1) is 17.6 Å². The van der Waals surface area contributed by atoms with Gasteiger partial charge in [-0.15, -0.1) is 0 Å². The molecule has 148 valence electrons. The van der Waals surface area contributed by atoms with Gasteiger partial charge in [0.25, 0.3) is 0 Å². The zero-order valence-corrected chi connectivity index (χ0v) is 16.2. The normalized spacial score (nSPS) is 15.8. The molecule has 1 aromatic carbocycles. The smallest absolute Gasteiger partial charge is 0.339 e. The maximum atomic E-state index is 13.0. The maximum absolute atomic E-state index is 13.0. The third-order valence-corrected chi connectivity index (χ3v) is 6.61. The Hall–Kier alpha value is -2.78. The summed E-state index contributed by atoms with van der Waals surface area (Å²) in [5.41, 5.74) is 0.0000171. The van der Waals surface area contributed by atoms with Crippen LogP contribution in [0.4, 0.5) is 5.82 Å². The molecule has 0 bridgehead atoms. The van der Waals surface area contributed by atoms with Gasteiger partial charge in [0.1, 0.15) is 5.82 Å². The molecule has 1 amide bonds. The number of aromatic nitrogens is 1. The molecule has 1 aliphatic heterocycles. The lowest BCUT2D eigenvalue weighted by Gasteiger charge is -2.30. The average Bonchev–Trinajstić information content (AvgIpc) is 2.74. The van der Waals surface area contributed by atoms with Gasteiger partial charge in [0.15, 0.2) is 0 Å². The first-order valence-corrected chi connectivity index (χ1v) is 10.3. The molecule has 0 unspecified atom stereocenters. The summed E-state index contributed by atoms with van der Waals surface area (Å²) in [5, 5.41) is 2.75. The molecule has 1 aromatic heterocycles. The number of carbonyl (C=O) groups is 2. The fourth-order valence-corrected chi connectivity index (χ4v) is 4.78. The Kier molecular flexibility index (Phi) is 6.05. The van der Waals surface area contributed by atoms with Crippen LogP contribution in [0.2, 0.25) is 0 Å². The number of hydrogen-bond acceptors (Lipinski definition) is 6. The van der Waals surface area contributed by atoms with Crippen LogP contribution in [0.15, 0.2) is 53.6 Å². The van der Waals surface area contributed by atoms with Crippen LogP contribution < -0.4 is 5.32 Å². The molecule has 8 nitrogen and oxygen atoms in total. The minimum atomic E-state index is -3.87. The molecular weight excluding hydrogens is 382 g/mol. The van der Waals surface area contributed by atoms with Crippen molar-refractivity contribution >= 4 is 27.7 Å². The largest absolute Gasteiger partial charge is 0.465 e. The van der Waals surface area contributed by atoms with Crippen molar-refractivity contribution in [3.63, 3.8) is 0 Å². The van der Waals surface area contributed by atoms with Crippen molar-refractivity contribution in [2.45, 2.75) is 17.7 Å². The number of piperidine rings is 1. The van der Waals surface area contributed by atoms with Crippen LogP contribution in [-0.4, -0.2) is 49.8 Å². The second-order valence-corrected chi connectivity index (χ2v) is 8.28. The van der Waals surface area contributed by atoms with Crippen molar-refractivity contribution in [3.8, 4) is 0 Å². The molecule has 0 radical (unpaired) electrons. The van der Waals surface area contributed by atoms with E-state index in [0.717, 1.165) is 0 Å². The molecule has 1 N–H and O–H groups in total. The first kappa shape index (κ1) is 20.0. The topological polar surface area (TPSA) is 106 Å². The molecule has 2 heterocycles. The van der Waals surface area contributed by atoms with E-state index in [4.69, 9.17) is 0 Å². The Balaban J connectivity index is 1.69. The number of nitrogens with zero attached hydrogens (tertiary/aromatic N) is 2. The third-order valence-electron chi connectivity index (χ3n) is 4.65. The predicted molar refractivity (Wildman–Crippen MR) is 102 cm³/mol. The van der Waals surface area contributed by atoms with Crippen LogP contribution in [0.3, 0.4) is 0 Å². The lowest BCUT2D eigenvalue weighted by molar-refractivity contribution is -0.120. The molecule has 28 heavy (non-hydrogen) atoms. The quantitative estimate of drug-likeness (QED) is 0.765. The molecule has 1 fully saturated rings. The number of pyridine rings is 1. The molecule has 0 saturated carbocycles. The van der Waals surface area contributed by atoms with Gasteiger partial charge in [-0.25, -0.2) is 18.2 Å². The van der Waals surface area contributed by atoms with Gasteiger partial charge < -0.3 is 10.1 Å². The molecular formula is C19H21N3O5S. The van der Waals surface area contributed by atoms with E-state index >= 15 is 0 Å². The summed E-state index contributed by atoms with van der Waals surface area (Å²) in [6.07, 6.45) is 2.36. The van der Waals surface area contributed by atoms with Gasteiger partial charge in [0, 0.05) is 25.2 Å². The Morgan fingerprint density at radius 2 is 1.79 bits per heavy atom. The van der Waals surface area contributed by atoms with Crippen LogP contribution in [0, 0.1) is 5.92 Å². The first-order valence-electron chi connectivity index (χ1n) is 8.83. The highest BCUT2D eigenvalue weighted by Crippen LogP contribution is 2.26. The molecule has 2 aromatic rings. The van der Waals surface area contributed by atoms with Gasteiger partial charge in [-0.3, -0.25) is 4.79 Å². The second-order valence-electron chi connectivity index (χ2n) is 6.37. The SMILES string of the molecule is COC(=O)c1ccccc1S(=O)(=O)N1CCC(C(=O)Nc2ccccn2)CC1. The molecule has 0 spiro atoms. The lowest BCUT2D eigenvalue weighted by Crippen LogP contribution is -2.41. The summed E-state index contributed by atoms with van der Waals surface area (Å²) in [6.45, 7) is 0.385. The van der Waals surface area contributed by atoms with Gasteiger partial charge in [-0.1, -0.05) is 18.2 Å². The molecule has 9 heteroatoms. The molecule has 1 saturated heterocycles. The lowest BCUT2D eigenvalue weighted by atomic mass is 9.97. The Morgan fingerprint density at radius 3 is 2.43 bits per heavy atom. The summed E-state index contributed by atoms with van der Waals surface area (Å²) in [7, 11) is -2.66. The number of rotatable bonds is 5. The number of hydrogen-bond donors (Lipinski definition) is 1. The number of sulfonamides is 1. The first-order chi connectivity index (χ1) is 13.4. The van der Waals surface area contributed by atoms with Gasteiger partial charge in [-0.2, -0.15) is 4.31 Å². The molecule has 0 aliphatic carbocycles. The predicted octanol–water partition coefficient (Wildman–Crippen LogP) is 1.91. The average molecular weight is 403 g/mol.